The number of carboxylic acids is 1. The highest BCUT2D eigenvalue weighted by atomic mass is 19.4. The lowest BCUT2D eigenvalue weighted by molar-refractivity contribution is -0.135. The molecule has 4 rings (SSSR count). The molecule has 0 radical (unpaired) electrons. The highest BCUT2D eigenvalue weighted by Crippen LogP contribution is 2.45. The Morgan fingerprint density at radius 3 is 2.51 bits per heavy atom. The van der Waals surface area contributed by atoms with Crippen LogP contribution in [0.4, 0.5) is 22.0 Å². The number of para-hydroxylation sites is 1. The monoisotopic (exact) mass is 490 g/mol. The Morgan fingerprint density at radius 2 is 1.89 bits per heavy atom. The average Bonchev–Trinajstić information content (AvgIpc) is 3.13. The van der Waals surface area contributed by atoms with Crippen LogP contribution in [0, 0.1) is 11.6 Å². The van der Waals surface area contributed by atoms with Gasteiger partial charge in [0.15, 0.2) is 0 Å². The van der Waals surface area contributed by atoms with Gasteiger partial charge in [-0.05, 0) is 55.2 Å². The van der Waals surface area contributed by atoms with E-state index >= 15 is 8.78 Å². The molecule has 2 heterocycles. The fraction of sp³-hybridized carbons (Fsp3) is 0.269. The molecule has 0 amide bonds. The molecule has 0 fully saturated rings. The molecule has 3 aromatic rings. The van der Waals surface area contributed by atoms with Crippen LogP contribution < -0.4 is 0 Å². The molecule has 1 aromatic heterocycles. The lowest BCUT2D eigenvalue weighted by Crippen LogP contribution is -2.42. The van der Waals surface area contributed by atoms with Gasteiger partial charge >= 0.3 is 12.1 Å². The molecular formula is C26H23F5N2O2. The molecule has 0 aliphatic carbocycles. The summed E-state index contributed by atoms with van der Waals surface area (Å²) in [5.41, 5.74) is 1.87. The summed E-state index contributed by atoms with van der Waals surface area (Å²) in [5, 5.41) is 9.68. The van der Waals surface area contributed by atoms with Crippen molar-refractivity contribution < 1.29 is 31.9 Å². The number of fused-ring (bicyclic) bond motifs is 3. The molecule has 4 nitrogen and oxygen atoms in total. The number of aromatic nitrogens is 1. The molecule has 0 saturated carbocycles. The van der Waals surface area contributed by atoms with E-state index in [1.54, 1.807) is 11.8 Å². The second kappa shape index (κ2) is 9.20. The zero-order valence-corrected chi connectivity index (χ0v) is 18.8. The van der Waals surface area contributed by atoms with Crippen molar-refractivity contribution in [1.29, 1.82) is 0 Å². The van der Waals surface area contributed by atoms with Gasteiger partial charge in [0.1, 0.15) is 17.7 Å². The Balaban J connectivity index is 1.87. The summed E-state index contributed by atoms with van der Waals surface area (Å²) in [6, 6.07) is 7.91. The first-order valence-corrected chi connectivity index (χ1v) is 11.0. The van der Waals surface area contributed by atoms with Gasteiger partial charge < -0.3 is 15.0 Å². The van der Waals surface area contributed by atoms with Crippen molar-refractivity contribution in [2.45, 2.75) is 44.4 Å². The van der Waals surface area contributed by atoms with Crippen molar-refractivity contribution in [3.8, 4) is 0 Å². The molecule has 2 aromatic carbocycles. The Morgan fingerprint density at radius 1 is 1.23 bits per heavy atom. The minimum Gasteiger partial charge on any atom is -0.478 e. The van der Waals surface area contributed by atoms with E-state index in [-0.39, 0.29) is 16.8 Å². The summed E-state index contributed by atoms with van der Waals surface area (Å²) in [7, 11) is 0. The molecule has 184 valence electrons. The second-order valence-electron chi connectivity index (χ2n) is 8.68. The fourth-order valence-electron chi connectivity index (χ4n) is 4.78. The molecule has 9 heteroatoms. The Labute approximate surface area is 198 Å². The zero-order valence-electron chi connectivity index (χ0n) is 18.8. The third-order valence-electron chi connectivity index (χ3n) is 6.23. The summed E-state index contributed by atoms with van der Waals surface area (Å²) in [4.78, 5) is 15.6. The van der Waals surface area contributed by atoms with Gasteiger partial charge in [-0.3, -0.25) is 0 Å². The number of carbonyl (C=O) groups is 1. The van der Waals surface area contributed by atoms with Gasteiger partial charge in [-0.1, -0.05) is 24.8 Å². The van der Waals surface area contributed by atoms with Gasteiger partial charge in [0.25, 0.3) is 0 Å². The van der Waals surface area contributed by atoms with Crippen LogP contribution in [0.1, 0.15) is 48.2 Å². The maximum atomic E-state index is 15.4. The number of nitrogens with zero attached hydrogens (tertiary/aromatic N) is 1. The van der Waals surface area contributed by atoms with E-state index in [1.807, 2.05) is 24.3 Å². The number of allylic oxidation sites excluding steroid dienone is 1. The first kappa shape index (κ1) is 24.5. The Hall–Kier alpha value is -3.62. The molecular weight excluding hydrogens is 467 g/mol. The van der Waals surface area contributed by atoms with Gasteiger partial charge in [0, 0.05) is 40.8 Å². The molecule has 0 unspecified atom stereocenters. The van der Waals surface area contributed by atoms with Gasteiger partial charge in [-0.15, -0.1) is 0 Å². The summed E-state index contributed by atoms with van der Waals surface area (Å²) in [6.45, 7) is 5.64. The van der Waals surface area contributed by atoms with Crippen LogP contribution >= 0.6 is 0 Å². The van der Waals surface area contributed by atoms with Crippen molar-refractivity contribution >= 4 is 22.9 Å². The molecule has 35 heavy (non-hydrogen) atoms. The lowest BCUT2D eigenvalue weighted by Gasteiger charge is -2.44. The number of nitrogens with one attached hydrogen (secondary N) is 1. The van der Waals surface area contributed by atoms with Crippen LogP contribution in [-0.2, 0) is 11.2 Å². The number of aromatic amines is 1. The van der Waals surface area contributed by atoms with Crippen LogP contribution in [0.15, 0.2) is 54.8 Å². The minimum absolute atomic E-state index is 0.00864. The van der Waals surface area contributed by atoms with Crippen molar-refractivity contribution in [2.75, 3.05) is 0 Å². The lowest BCUT2D eigenvalue weighted by atomic mass is 9.87. The van der Waals surface area contributed by atoms with Crippen molar-refractivity contribution in [3.63, 3.8) is 0 Å². The number of hydrogen-bond donors (Lipinski definition) is 2. The topological polar surface area (TPSA) is 56.3 Å². The van der Waals surface area contributed by atoms with Crippen molar-refractivity contribution in [1.82, 2.24) is 9.88 Å². The van der Waals surface area contributed by atoms with E-state index in [1.165, 1.54) is 0 Å². The van der Waals surface area contributed by atoms with E-state index in [4.69, 9.17) is 5.11 Å². The van der Waals surface area contributed by atoms with Crippen LogP contribution in [0.5, 0.6) is 0 Å². The number of rotatable bonds is 6. The summed E-state index contributed by atoms with van der Waals surface area (Å²) < 4.78 is 69.7. The van der Waals surface area contributed by atoms with Crippen LogP contribution in [0.3, 0.4) is 0 Å². The summed E-state index contributed by atoms with van der Waals surface area (Å²) in [6.07, 6.45) is -3.65. The number of halogens is 5. The third kappa shape index (κ3) is 4.94. The molecule has 0 bridgehead atoms. The SMILES string of the molecule is C=C(CCC(F)(F)F)N1[C@@H](c2c(F)cc(/C=C/C(=O)O)cc2F)c2[nH]c3ccccc3c2C[C@@H]1C. The molecule has 0 spiro atoms. The van der Waals surface area contributed by atoms with E-state index < -0.39 is 48.7 Å². The maximum absolute atomic E-state index is 15.4. The number of H-pyrrole nitrogens is 1. The average molecular weight is 490 g/mol. The predicted molar refractivity (Wildman–Crippen MR) is 123 cm³/mol. The third-order valence-corrected chi connectivity index (χ3v) is 6.23. The normalized spacial score (nSPS) is 18.3. The van der Waals surface area contributed by atoms with Crippen molar-refractivity contribution in [3.05, 3.63) is 88.8 Å². The number of alkyl halides is 3. The molecule has 0 saturated heterocycles. The number of benzene rings is 2. The first-order valence-electron chi connectivity index (χ1n) is 11.0. The molecule has 1 aliphatic heterocycles. The van der Waals surface area contributed by atoms with Crippen LogP contribution in [0.25, 0.3) is 17.0 Å². The highest BCUT2D eigenvalue weighted by Gasteiger charge is 2.40. The van der Waals surface area contributed by atoms with Gasteiger partial charge in [-0.25, -0.2) is 13.6 Å². The highest BCUT2D eigenvalue weighted by molar-refractivity contribution is 5.86. The van der Waals surface area contributed by atoms with Gasteiger partial charge in [0.2, 0.25) is 0 Å². The second-order valence-corrected chi connectivity index (χ2v) is 8.68. The molecule has 2 atom stereocenters. The fourth-order valence-corrected chi connectivity index (χ4v) is 4.78. The van der Waals surface area contributed by atoms with Crippen molar-refractivity contribution in [2.24, 2.45) is 0 Å². The first-order chi connectivity index (χ1) is 16.5. The smallest absolute Gasteiger partial charge is 0.389 e. The van der Waals surface area contributed by atoms with Crippen LogP contribution in [0.2, 0.25) is 0 Å². The van der Waals surface area contributed by atoms with E-state index in [0.29, 0.717) is 12.1 Å². The van der Waals surface area contributed by atoms with E-state index in [9.17, 15) is 18.0 Å². The van der Waals surface area contributed by atoms with E-state index in [0.717, 1.165) is 40.8 Å². The molecule has 1 aliphatic rings. The van der Waals surface area contributed by atoms with Gasteiger partial charge in [-0.2, -0.15) is 13.2 Å². The predicted octanol–water partition coefficient (Wildman–Crippen LogP) is 6.74. The number of carboxylic acid groups (broad SMARTS) is 1. The minimum atomic E-state index is -4.40. The van der Waals surface area contributed by atoms with E-state index in [2.05, 4.69) is 11.6 Å². The summed E-state index contributed by atoms with van der Waals surface area (Å²) >= 11 is 0. The Bertz CT molecular complexity index is 1300. The Kier molecular flexibility index (Phi) is 6.44. The maximum Gasteiger partial charge on any atom is 0.389 e. The zero-order chi connectivity index (χ0) is 25.5. The number of hydrogen-bond acceptors (Lipinski definition) is 2. The number of aliphatic carboxylic acids is 1. The molecule has 2 N–H and O–H groups in total. The summed E-state index contributed by atoms with van der Waals surface area (Å²) in [5.74, 6) is -3.15. The standard InChI is InChI=1S/C26H23F5N2O2/c1-14(9-10-26(29,30)31)33-15(2)11-18-17-5-3-4-6-21(17)32-24(18)25(33)23-19(27)12-16(13-20(23)28)7-8-22(34)35/h3-8,12-13,15,25,32H,1,9-11H2,2H3,(H,34,35)/b8-7+/t15-,25-/m0/s1. The van der Waals surface area contributed by atoms with Gasteiger partial charge in [0.05, 0.1) is 5.56 Å². The largest absolute Gasteiger partial charge is 0.478 e. The quantitative estimate of drug-likeness (QED) is 0.297. The van der Waals surface area contributed by atoms with Crippen LogP contribution in [-0.4, -0.2) is 33.2 Å².